The van der Waals surface area contributed by atoms with Gasteiger partial charge in [-0.15, -0.1) is 11.8 Å². The fourth-order valence-electron chi connectivity index (χ4n) is 3.98. The van der Waals surface area contributed by atoms with Crippen LogP contribution in [0.1, 0.15) is 52.7 Å². The minimum absolute atomic E-state index is 0.0929. The van der Waals surface area contributed by atoms with Gasteiger partial charge in [-0.25, -0.2) is 0 Å². The normalized spacial score (nSPS) is 30.3. The summed E-state index contributed by atoms with van der Waals surface area (Å²) in [6.45, 7) is 13.8. The molecule has 0 aromatic heterocycles. The van der Waals surface area contributed by atoms with Crippen LogP contribution in [0.5, 0.6) is 0 Å². The molecule has 1 saturated heterocycles. The van der Waals surface area contributed by atoms with Crippen LogP contribution in [-0.2, 0) is 15.3 Å². The third-order valence-electron chi connectivity index (χ3n) is 6.01. The maximum atomic E-state index is 6.73. The Morgan fingerprint density at radius 2 is 1.36 bits per heavy atom. The van der Waals surface area contributed by atoms with Crippen LogP contribution in [0.25, 0.3) is 10.8 Å². The molecule has 1 unspecified atom stereocenters. The molecule has 1 fully saturated rings. The van der Waals surface area contributed by atoms with E-state index in [9.17, 15) is 0 Å². The van der Waals surface area contributed by atoms with Crippen molar-refractivity contribution in [3.05, 3.63) is 47.5 Å². The molecule has 116 valence electrons. The van der Waals surface area contributed by atoms with Gasteiger partial charge in [-0.2, -0.15) is 0 Å². The topological polar surface area (TPSA) is 9.23 Å². The van der Waals surface area contributed by atoms with E-state index in [1.165, 1.54) is 21.9 Å². The molecule has 0 N–H and O–H groups in total. The van der Waals surface area contributed by atoms with Gasteiger partial charge in [0.05, 0.1) is 5.60 Å². The van der Waals surface area contributed by atoms with Gasteiger partial charge in [-0.1, -0.05) is 38.1 Å². The van der Waals surface area contributed by atoms with Gasteiger partial charge in [0.1, 0.15) is 4.93 Å². The monoisotopic (exact) mass is 312 g/mol. The van der Waals surface area contributed by atoms with Gasteiger partial charge in [-0.05, 0) is 56.2 Å². The van der Waals surface area contributed by atoms with Gasteiger partial charge >= 0.3 is 0 Å². The largest absolute Gasteiger partial charge is 0.349 e. The second-order valence-corrected chi connectivity index (χ2v) is 10.0. The van der Waals surface area contributed by atoms with Crippen molar-refractivity contribution in [3.8, 4) is 0 Å². The predicted octanol–water partition coefficient (Wildman–Crippen LogP) is 5.81. The summed E-state index contributed by atoms with van der Waals surface area (Å²) >= 11 is 1.98. The molecule has 2 aromatic carbocycles. The first-order valence-electron chi connectivity index (χ1n) is 8.05. The lowest BCUT2D eigenvalue weighted by Crippen LogP contribution is -2.62. The maximum Gasteiger partial charge on any atom is 0.147 e. The molecule has 0 aliphatic carbocycles. The molecule has 2 aromatic rings. The molecule has 1 spiro atoms. The van der Waals surface area contributed by atoms with Crippen molar-refractivity contribution in [2.75, 3.05) is 0 Å². The molecule has 2 heteroatoms. The van der Waals surface area contributed by atoms with E-state index in [2.05, 4.69) is 77.9 Å². The highest BCUT2D eigenvalue weighted by molar-refractivity contribution is 8.03. The van der Waals surface area contributed by atoms with Crippen LogP contribution >= 0.6 is 11.8 Å². The van der Waals surface area contributed by atoms with Gasteiger partial charge in [0.25, 0.3) is 0 Å². The first-order valence-corrected chi connectivity index (χ1v) is 8.87. The molecular formula is C20H24OS. The Hall–Kier alpha value is -0.990. The van der Waals surface area contributed by atoms with Crippen LogP contribution < -0.4 is 0 Å². The first-order chi connectivity index (χ1) is 10.1. The summed E-state index contributed by atoms with van der Waals surface area (Å²) in [4.78, 5) is -0.223. The van der Waals surface area contributed by atoms with E-state index in [-0.39, 0.29) is 20.7 Å². The average Bonchev–Trinajstić information content (AvgIpc) is 2.66. The molecule has 22 heavy (non-hydrogen) atoms. The zero-order valence-corrected chi connectivity index (χ0v) is 15.1. The molecule has 0 radical (unpaired) electrons. The van der Waals surface area contributed by atoms with Gasteiger partial charge < -0.3 is 4.74 Å². The van der Waals surface area contributed by atoms with Crippen LogP contribution in [0.15, 0.2) is 36.4 Å². The summed E-state index contributed by atoms with van der Waals surface area (Å²) in [5.74, 6) is 0. The van der Waals surface area contributed by atoms with Crippen LogP contribution in [0, 0.1) is 5.41 Å². The zero-order chi connectivity index (χ0) is 16.0. The van der Waals surface area contributed by atoms with E-state index >= 15 is 0 Å². The lowest BCUT2D eigenvalue weighted by atomic mass is 9.70. The van der Waals surface area contributed by atoms with Crippen molar-refractivity contribution in [1.29, 1.82) is 0 Å². The highest BCUT2D eigenvalue weighted by atomic mass is 32.2. The van der Waals surface area contributed by atoms with E-state index < -0.39 is 0 Å². The molecular weight excluding hydrogens is 288 g/mol. The lowest BCUT2D eigenvalue weighted by Gasteiger charge is -2.64. The molecule has 2 heterocycles. The number of hydrogen-bond acceptors (Lipinski definition) is 2. The smallest absolute Gasteiger partial charge is 0.147 e. The predicted molar refractivity (Wildman–Crippen MR) is 95.2 cm³/mol. The second kappa shape index (κ2) is 3.91. The highest BCUT2D eigenvalue weighted by Gasteiger charge is 2.71. The van der Waals surface area contributed by atoms with Crippen LogP contribution in [0.2, 0.25) is 0 Å². The SMILES string of the molecule is CC1(C)OC2(SC(C)(C)C2(C)C)c2cc3ccccc3cc21. The highest BCUT2D eigenvalue weighted by Crippen LogP contribution is 2.76. The Balaban J connectivity index is 2.01. The van der Waals surface area contributed by atoms with E-state index in [4.69, 9.17) is 4.74 Å². The van der Waals surface area contributed by atoms with Crippen molar-refractivity contribution in [2.24, 2.45) is 5.41 Å². The van der Waals surface area contributed by atoms with E-state index in [1.807, 2.05) is 11.8 Å². The van der Waals surface area contributed by atoms with Crippen molar-refractivity contribution in [2.45, 2.75) is 56.8 Å². The van der Waals surface area contributed by atoms with Gasteiger partial charge in [0, 0.05) is 15.7 Å². The minimum atomic E-state index is -0.236. The van der Waals surface area contributed by atoms with Gasteiger partial charge in [0.15, 0.2) is 0 Å². The molecule has 0 saturated carbocycles. The number of thioether (sulfide) groups is 1. The van der Waals surface area contributed by atoms with Crippen LogP contribution in [0.4, 0.5) is 0 Å². The molecule has 2 aliphatic heterocycles. The maximum absolute atomic E-state index is 6.73. The Labute approximate surface area is 137 Å². The Morgan fingerprint density at radius 1 is 0.818 bits per heavy atom. The van der Waals surface area contributed by atoms with Crippen molar-refractivity contribution in [3.63, 3.8) is 0 Å². The third-order valence-corrected chi connectivity index (χ3v) is 8.14. The standard InChI is InChI=1S/C20H24OS/c1-17(2)15-11-13-9-7-8-10-14(13)12-16(15)20(21-17)18(3,4)19(5,6)22-20/h7-12H,1-6H3. The van der Waals surface area contributed by atoms with E-state index in [0.717, 1.165) is 0 Å². The third kappa shape index (κ3) is 1.50. The summed E-state index contributed by atoms with van der Waals surface area (Å²) in [6, 6.07) is 13.3. The molecule has 1 atom stereocenters. The van der Waals surface area contributed by atoms with Crippen LogP contribution in [0.3, 0.4) is 0 Å². The van der Waals surface area contributed by atoms with Crippen molar-refractivity contribution < 1.29 is 4.74 Å². The Kier molecular flexibility index (Phi) is 2.59. The average molecular weight is 312 g/mol. The molecule has 4 rings (SSSR count). The summed E-state index contributed by atoms with van der Waals surface area (Å²) in [6.07, 6.45) is 0. The molecule has 1 nitrogen and oxygen atoms in total. The van der Waals surface area contributed by atoms with Crippen LogP contribution in [-0.4, -0.2) is 4.75 Å². The fourth-order valence-corrected chi connectivity index (χ4v) is 5.99. The van der Waals surface area contributed by atoms with Crippen molar-refractivity contribution >= 4 is 22.5 Å². The number of rotatable bonds is 0. The van der Waals surface area contributed by atoms with Crippen molar-refractivity contribution in [1.82, 2.24) is 0 Å². The first kappa shape index (κ1) is 14.6. The Bertz CT molecular complexity index is 787. The van der Waals surface area contributed by atoms with Gasteiger partial charge in [0.2, 0.25) is 0 Å². The van der Waals surface area contributed by atoms with E-state index in [1.54, 1.807) is 0 Å². The Morgan fingerprint density at radius 3 is 1.86 bits per heavy atom. The molecule has 0 bridgehead atoms. The zero-order valence-electron chi connectivity index (χ0n) is 14.3. The number of ether oxygens (including phenoxy) is 1. The quantitative estimate of drug-likeness (QED) is 0.607. The number of benzene rings is 2. The second-order valence-electron chi connectivity index (χ2n) is 8.21. The molecule has 0 amide bonds. The summed E-state index contributed by atoms with van der Waals surface area (Å²) < 4.78 is 6.95. The van der Waals surface area contributed by atoms with Gasteiger partial charge in [-0.3, -0.25) is 0 Å². The summed E-state index contributed by atoms with van der Waals surface area (Å²) in [5, 5.41) is 2.61. The number of fused-ring (bicyclic) bond motifs is 3. The minimum Gasteiger partial charge on any atom is -0.349 e. The van der Waals surface area contributed by atoms with E-state index in [0.29, 0.717) is 0 Å². The lowest BCUT2D eigenvalue weighted by molar-refractivity contribution is -0.152. The summed E-state index contributed by atoms with van der Waals surface area (Å²) in [5.41, 5.74) is 2.59. The number of hydrogen-bond donors (Lipinski definition) is 0. The fraction of sp³-hybridized carbons (Fsp3) is 0.500. The molecule has 2 aliphatic rings. The summed E-state index contributed by atoms with van der Waals surface area (Å²) in [7, 11) is 0.